The molecule has 6 nitrogen and oxygen atoms in total. The number of nitrogens with two attached hydrogens (primary N) is 1. The number of hydrogen-bond acceptors (Lipinski definition) is 5. The van der Waals surface area contributed by atoms with Crippen LogP contribution < -0.4 is 16.6 Å². The number of rotatable bonds is 5. The fourth-order valence-electron chi connectivity index (χ4n) is 2.61. The van der Waals surface area contributed by atoms with Crippen molar-refractivity contribution >= 4 is 5.91 Å². The van der Waals surface area contributed by atoms with Crippen LogP contribution in [0.2, 0.25) is 0 Å². The second-order valence-corrected chi connectivity index (χ2v) is 5.06. The Kier molecular flexibility index (Phi) is 5.46. The van der Waals surface area contributed by atoms with Gasteiger partial charge in [0.05, 0.1) is 11.3 Å². The largest absolute Gasteiger partial charge is 0.317 e. The summed E-state index contributed by atoms with van der Waals surface area (Å²) in [5, 5.41) is 3.39. The lowest BCUT2D eigenvalue weighted by Crippen LogP contribution is -2.42. The van der Waals surface area contributed by atoms with Gasteiger partial charge in [-0.2, -0.15) is 0 Å². The van der Waals surface area contributed by atoms with E-state index < -0.39 is 0 Å². The zero-order valence-corrected chi connectivity index (χ0v) is 11.9. The van der Waals surface area contributed by atoms with Gasteiger partial charge in [-0.3, -0.25) is 20.1 Å². The van der Waals surface area contributed by atoms with Crippen LogP contribution in [0.25, 0.3) is 0 Å². The van der Waals surface area contributed by atoms with Crippen molar-refractivity contribution in [3.8, 4) is 0 Å². The van der Waals surface area contributed by atoms with E-state index in [0.29, 0.717) is 11.6 Å². The lowest BCUT2D eigenvalue weighted by molar-refractivity contribution is 0.0953. The van der Waals surface area contributed by atoms with Crippen LogP contribution in [0.5, 0.6) is 0 Å². The number of nitrogens with one attached hydrogen (secondary N) is 2. The Bertz CT molecular complexity index is 428. The number of carbonyl (C=O) groups is 1. The minimum absolute atomic E-state index is 0.310. The first kappa shape index (κ1) is 14.9. The van der Waals surface area contributed by atoms with Crippen molar-refractivity contribution in [2.24, 2.45) is 5.84 Å². The highest BCUT2D eigenvalue weighted by atomic mass is 16.2. The predicted octanol–water partition coefficient (Wildman–Crippen LogP) is 0.259. The number of carbonyl (C=O) groups excluding carboxylic acids is 1. The summed E-state index contributed by atoms with van der Waals surface area (Å²) < 4.78 is 0. The van der Waals surface area contributed by atoms with Gasteiger partial charge < -0.3 is 5.32 Å². The van der Waals surface area contributed by atoms with E-state index in [2.05, 4.69) is 27.6 Å². The van der Waals surface area contributed by atoms with Crippen LogP contribution in [0.15, 0.2) is 18.3 Å². The smallest absolute Gasteiger partial charge is 0.266 e. The van der Waals surface area contributed by atoms with E-state index in [-0.39, 0.29) is 5.91 Å². The maximum absolute atomic E-state index is 11.4. The molecule has 110 valence electrons. The molecule has 1 aromatic rings. The SMILES string of the molecule is CCN(Cc1ccc(C(=O)NN)cn1)C1CCNCC1. The van der Waals surface area contributed by atoms with Crippen molar-refractivity contribution in [3.63, 3.8) is 0 Å². The molecule has 0 atom stereocenters. The molecule has 0 aromatic carbocycles. The van der Waals surface area contributed by atoms with Crippen molar-refractivity contribution in [1.82, 2.24) is 20.6 Å². The fourth-order valence-corrected chi connectivity index (χ4v) is 2.61. The molecule has 1 fully saturated rings. The second kappa shape index (κ2) is 7.33. The van der Waals surface area contributed by atoms with E-state index in [4.69, 9.17) is 5.84 Å². The third-order valence-electron chi connectivity index (χ3n) is 3.81. The van der Waals surface area contributed by atoms with Crippen LogP contribution in [0.3, 0.4) is 0 Å². The highest BCUT2D eigenvalue weighted by molar-refractivity contribution is 5.93. The van der Waals surface area contributed by atoms with Crippen LogP contribution >= 0.6 is 0 Å². The van der Waals surface area contributed by atoms with Gasteiger partial charge in [-0.15, -0.1) is 0 Å². The average Bonchev–Trinajstić information content (AvgIpc) is 2.53. The molecule has 2 rings (SSSR count). The molecule has 6 heteroatoms. The van der Waals surface area contributed by atoms with Crippen LogP contribution in [-0.4, -0.2) is 41.5 Å². The van der Waals surface area contributed by atoms with E-state index in [1.165, 1.54) is 12.8 Å². The lowest BCUT2D eigenvalue weighted by Gasteiger charge is -2.33. The summed E-state index contributed by atoms with van der Waals surface area (Å²) >= 11 is 0. The Labute approximate surface area is 119 Å². The molecular weight excluding hydrogens is 254 g/mol. The first-order valence-electron chi connectivity index (χ1n) is 7.15. The maximum Gasteiger partial charge on any atom is 0.266 e. The number of nitrogen functional groups attached to an aromatic ring is 1. The predicted molar refractivity (Wildman–Crippen MR) is 77.9 cm³/mol. The van der Waals surface area contributed by atoms with Gasteiger partial charge in [0.2, 0.25) is 0 Å². The topological polar surface area (TPSA) is 83.3 Å². The molecule has 1 aromatic heterocycles. The molecule has 2 heterocycles. The van der Waals surface area contributed by atoms with Crippen molar-refractivity contribution in [1.29, 1.82) is 0 Å². The van der Waals surface area contributed by atoms with E-state index in [1.807, 2.05) is 6.07 Å². The van der Waals surface area contributed by atoms with Crippen molar-refractivity contribution in [3.05, 3.63) is 29.6 Å². The maximum atomic E-state index is 11.4. The van der Waals surface area contributed by atoms with Gasteiger partial charge in [0.25, 0.3) is 5.91 Å². The minimum Gasteiger partial charge on any atom is -0.317 e. The Morgan fingerprint density at radius 1 is 1.50 bits per heavy atom. The number of aromatic nitrogens is 1. The molecule has 0 unspecified atom stereocenters. The monoisotopic (exact) mass is 277 g/mol. The normalized spacial score (nSPS) is 16.4. The molecule has 1 saturated heterocycles. The number of amides is 1. The van der Waals surface area contributed by atoms with Crippen molar-refractivity contribution in [2.75, 3.05) is 19.6 Å². The molecule has 0 radical (unpaired) electrons. The molecule has 4 N–H and O–H groups in total. The van der Waals surface area contributed by atoms with Gasteiger partial charge in [0.1, 0.15) is 0 Å². The number of nitrogens with zero attached hydrogens (tertiary/aromatic N) is 2. The molecule has 1 aliphatic heterocycles. The van der Waals surface area contributed by atoms with E-state index in [0.717, 1.165) is 31.9 Å². The van der Waals surface area contributed by atoms with Gasteiger partial charge in [-0.1, -0.05) is 6.92 Å². The molecule has 0 saturated carbocycles. The molecule has 0 spiro atoms. The summed E-state index contributed by atoms with van der Waals surface area (Å²) in [6.45, 7) is 6.19. The van der Waals surface area contributed by atoms with Gasteiger partial charge in [0, 0.05) is 18.8 Å². The Morgan fingerprint density at radius 2 is 2.25 bits per heavy atom. The molecular formula is C14H23N5O. The molecule has 0 bridgehead atoms. The van der Waals surface area contributed by atoms with Crippen LogP contribution in [0.1, 0.15) is 35.8 Å². The third kappa shape index (κ3) is 3.75. The summed E-state index contributed by atoms with van der Waals surface area (Å²) in [4.78, 5) is 18.2. The zero-order chi connectivity index (χ0) is 14.4. The zero-order valence-electron chi connectivity index (χ0n) is 11.9. The summed E-state index contributed by atoms with van der Waals surface area (Å²) in [5.41, 5.74) is 3.58. The van der Waals surface area contributed by atoms with Gasteiger partial charge >= 0.3 is 0 Å². The number of piperidine rings is 1. The lowest BCUT2D eigenvalue weighted by atomic mass is 10.0. The highest BCUT2D eigenvalue weighted by Crippen LogP contribution is 2.14. The second-order valence-electron chi connectivity index (χ2n) is 5.06. The van der Waals surface area contributed by atoms with Gasteiger partial charge in [0.15, 0.2) is 0 Å². The minimum atomic E-state index is -0.310. The molecule has 1 aliphatic rings. The van der Waals surface area contributed by atoms with Crippen molar-refractivity contribution < 1.29 is 4.79 Å². The molecule has 1 amide bonds. The summed E-state index contributed by atoms with van der Waals surface area (Å²) in [6, 6.07) is 4.28. The van der Waals surface area contributed by atoms with Crippen LogP contribution in [-0.2, 0) is 6.54 Å². The van der Waals surface area contributed by atoms with Gasteiger partial charge in [-0.25, -0.2) is 5.84 Å². The third-order valence-corrected chi connectivity index (χ3v) is 3.81. The number of pyridine rings is 1. The Balaban J connectivity index is 1.98. The fraction of sp³-hybridized carbons (Fsp3) is 0.571. The van der Waals surface area contributed by atoms with Crippen molar-refractivity contribution in [2.45, 2.75) is 32.4 Å². The molecule has 20 heavy (non-hydrogen) atoms. The first-order chi connectivity index (χ1) is 9.74. The Hall–Kier alpha value is -1.50. The average molecular weight is 277 g/mol. The van der Waals surface area contributed by atoms with E-state index in [1.54, 1.807) is 12.3 Å². The molecule has 0 aliphatic carbocycles. The van der Waals surface area contributed by atoms with Crippen LogP contribution in [0.4, 0.5) is 0 Å². The van der Waals surface area contributed by atoms with Gasteiger partial charge in [-0.05, 0) is 44.6 Å². The first-order valence-corrected chi connectivity index (χ1v) is 7.15. The standard InChI is InChI=1S/C14H23N5O/c1-2-19(13-5-7-16-8-6-13)10-12-4-3-11(9-17-12)14(20)18-15/h3-4,9,13,16H,2,5-8,10,15H2,1H3,(H,18,20). The number of hydrazine groups is 1. The van der Waals surface area contributed by atoms with E-state index >= 15 is 0 Å². The summed E-state index contributed by atoms with van der Waals surface area (Å²) in [5.74, 6) is 4.79. The Morgan fingerprint density at radius 3 is 2.80 bits per heavy atom. The van der Waals surface area contributed by atoms with Crippen LogP contribution in [0, 0.1) is 0 Å². The number of hydrogen-bond donors (Lipinski definition) is 3. The summed E-state index contributed by atoms with van der Waals surface area (Å²) in [6.07, 6.45) is 3.94. The quantitative estimate of drug-likeness (QED) is 0.408. The highest BCUT2D eigenvalue weighted by Gasteiger charge is 2.20. The summed E-state index contributed by atoms with van der Waals surface area (Å²) in [7, 11) is 0. The van der Waals surface area contributed by atoms with E-state index in [9.17, 15) is 4.79 Å².